The molecule has 0 radical (unpaired) electrons. The lowest BCUT2D eigenvalue weighted by atomic mass is 10.2. The van der Waals surface area contributed by atoms with Crippen molar-refractivity contribution in [2.75, 3.05) is 6.26 Å². The lowest BCUT2D eigenvalue weighted by molar-refractivity contribution is 0.165. The van der Waals surface area contributed by atoms with Gasteiger partial charge < -0.3 is 5.11 Å². The van der Waals surface area contributed by atoms with Crippen molar-refractivity contribution in [2.45, 2.75) is 11.1 Å². The van der Waals surface area contributed by atoms with Gasteiger partial charge >= 0.3 is 0 Å². The third kappa shape index (κ3) is 3.65. The summed E-state index contributed by atoms with van der Waals surface area (Å²) >= 11 is -2.34. The fourth-order valence-electron chi connectivity index (χ4n) is 1.06. The first-order valence-electron chi connectivity index (χ1n) is 4.16. The standard InChI is InChI=1S/C8H11NO5S2/c1-16(13,14)7-4-2-6(3-5-7)8(10)9-15(11)12/h2-5,8-10H,1H3,(H,11,12). The second-order valence-electron chi connectivity index (χ2n) is 3.11. The summed E-state index contributed by atoms with van der Waals surface area (Å²) in [4.78, 5) is 0.119. The fraction of sp³-hybridized carbons (Fsp3) is 0.250. The number of hydrogen-bond donors (Lipinski definition) is 3. The molecule has 0 fully saturated rings. The van der Waals surface area contributed by atoms with Crippen LogP contribution in [0, 0.1) is 0 Å². The van der Waals surface area contributed by atoms with E-state index in [1.807, 2.05) is 4.72 Å². The van der Waals surface area contributed by atoms with Gasteiger partial charge in [0.15, 0.2) is 9.84 Å². The maximum atomic E-state index is 11.1. The Morgan fingerprint density at radius 1 is 1.31 bits per heavy atom. The summed E-state index contributed by atoms with van der Waals surface area (Å²) in [6, 6.07) is 5.35. The van der Waals surface area contributed by atoms with E-state index >= 15 is 0 Å². The minimum atomic E-state index is -3.28. The van der Waals surface area contributed by atoms with Crippen molar-refractivity contribution >= 4 is 21.1 Å². The number of aliphatic hydroxyl groups is 1. The second-order valence-corrected chi connectivity index (χ2v) is 5.86. The fourth-order valence-corrected chi connectivity index (χ4v) is 2.02. The molecule has 2 unspecified atom stereocenters. The van der Waals surface area contributed by atoms with Crippen LogP contribution in [0.3, 0.4) is 0 Å². The highest BCUT2D eigenvalue weighted by Gasteiger charge is 2.11. The van der Waals surface area contributed by atoms with Crippen molar-refractivity contribution in [1.29, 1.82) is 0 Å². The molecule has 0 amide bonds. The van der Waals surface area contributed by atoms with E-state index in [0.717, 1.165) is 6.26 Å². The van der Waals surface area contributed by atoms with Crippen LogP contribution in [-0.4, -0.2) is 28.5 Å². The predicted octanol–water partition coefficient (Wildman–Crippen LogP) is -0.193. The first-order chi connectivity index (χ1) is 7.30. The monoisotopic (exact) mass is 265 g/mol. The third-order valence-corrected chi connectivity index (χ3v) is 3.39. The average Bonchev–Trinajstić information content (AvgIpc) is 2.15. The number of benzene rings is 1. The summed E-state index contributed by atoms with van der Waals surface area (Å²) in [5, 5.41) is 9.37. The molecule has 0 heterocycles. The average molecular weight is 265 g/mol. The van der Waals surface area contributed by atoms with Crippen LogP contribution in [0.25, 0.3) is 0 Å². The highest BCUT2D eigenvalue weighted by atomic mass is 32.2. The Bertz CT molecular complexity index is 482. The molecule has 8 heteroatoms. The molecule has 1 aromatic rings. The predicted molar refractivity (Wildman–Crippen MR) is 58.4 cm³/mol. The van der Waals surface area contributed by atoms with Crippen LogP contribution in [-0.2, 0) is 21.1 Å². The van der Waals surface area contributed by atoms with E-state index in [1.165, 1.54) is 24.3 Å². The Morgan fingerprint density at radius 3 is 2.19 bits per heavy atom. The Kier molecular flexibility index (Phi) is 4.16. The Morgan fingerprint density at radius 2 is 1.81 bits per heavy atom. The first-order valence-corrected chi connectivity index (χ1v) is 7.15. The van der Waals surface area contributed by atoms with E-state index in [9.17, 15) is 17.7 Å². The molecule has 2 atom stereocenters. The summed E-state index contributed by atoms with van der Waals surface area (Å²) < 4.78 is 43.0. The van der Waals surface area contributed by atoms with Crippen LogP contribution in [0.2, 0.25) is 0 Å². The van der Waals surface area contributed by atoms with Gasteiger partial charge in [-0.15, -0.1) is 0 Å². The molecular weight excluding hydrogens is 254 g/mol. The summed E-state index contributed by atoms with van der Waals surface area (Å²) in [5.41, 5.74) is 0.301. The highest BCUT2D eigenvalue weighted by Crippen LogP contribution is 2.14. The number of aliphatic hydroxyl groups excluding tert-OH is 1. The number of hydrogen-bond acceptors (Lipinski definition) is 4. The summed E-state index contributed by atoms with van der Waals surface area (Å²) in [6.07, 6.45) is -0.251. The van der Waals surface area contributed by atoms with Crippen molar-refractivity contribution < 1.29 is 22.3 Å². The van der Waals surface area contributed by atoms with Crippen molar-refractivity contribution in [3.05, 3.63) is 29.8 Å². The van der Waals surface area contributed by atoms with Crippen molar-refractivity contribution in [1.82, 2.24) is 4.72 Å². The lowest BCUT2D eigenvalue weighted by Gasteiger charge is -2.10. The van der Waals surface area contributed by atoms with Gasteiger partial charge in [-0.05, 0) is 17.7 Å². The van der Waals surface area contributed by atoms with Gasteiger partial charge in [0, 0.05) is 6.26 Å². The molecule has 0 saturated heterocycles. The van der Waals surface area contributed by atoms with E-state index in [4.69, 9.17) is 4.55 Å². The van der Waals surface area contributed by atoms with Gasteiger partial charge in [0.25, 0.3) is 0 Å². The molecular formula is C8H11NO5S2. The molecule has 90 valence electrons. The van der Waals surface area contributed by atoms with Gasteiger partial charge in [0.1, 0.15) is 6.23 Å². The van der Waals surface area contributed by atoms with Gasteiger partial charge in [-0.1, -0.05) is 12.1 Å². The Balaban J connectivity index is 2.91. The van der Waals surface area contributed by atoms with E-state index in [2.05, 4.69) is 0 Å². The molecule has 6 nitrogen and oxygen atoms in total. The SMILES string of the molecule is CS(=O)(=O)c1ccc(C(O)NS(=O)O)cc1. The summed E-state index contributed by atoms with van der Waals surface area (Å²) in [5.74, 6) is 0. The van der Waals surface area contributed by atoms with Crippen LogP contribution in [0.15, 0.2) is 29.2 Å². The van der Waals surface area contributed by atoms with Gasteiger partial charge in [-0.2, -0.15) is 4.72 Å². The van der Waals surface area contributed by atoms with Crippen molar-refractivity contribution in [2.24, 2.45) is 0 Å². The Labute approximate surface area is 95.6 Å². The zero-order chi connectivity index (χ0) is 12.3. The molecule has 0 bridgehead atoms. The summed E-state index contributed by atoms with van der Waals surface area (Å²) in [7, 11) is -3.28. The van der Waals surface area contributed by atoms with Crippen LogP contribution >= 0.6 is 0 Å². The van der Waals surface area contributed by atoms with Gasteiger partial charge in [-0.25, -0.2) is 12.6 Å². The molecule has 0 saturated carbocycles. The lowest BCUT2D eigenvalue weighted by Crippen LogP contribution is -2.22. The second kappa shape index (κ2) is 5.02. The van der Waals surface area contributed by atoms with E-state index in [0.29, 0.717) is 5.56 Å². The van der Waals surface area contributed by atoms with Gasteiger partial charge in [0.2, 0.25) is 11.3 Å². The molecule has 1 aromatic carbocycles. The molecule has 0 aliphatic heterocycles. The summed E-state index contributed by atoms with van der Waals surface area (Å²) in [6.45, 7) is 0. The molecule has 0 aliphatic rings. The quantitative estimate of drug-likeness (QED) is 0.517. The third-order valence-electron chi connectivity index (χ3n) is 1.84. The van der Waals surface area contributed by atoms with Crippen LogP contribution in [0.1, 0.15) is 11.8 Å². The number of nitrogens with one attached hydrogen (secondary N) is 1. The van der Waals surface area contributed by atoms with Crippen molar-refractivity contribution in [3.8, 4) is 0 Å². The topological polar surface area (TPSA) is 104 Å². The van der Waals surface area contributed by atoms with E-state index in [1.54, 1.807) is 0 Å². The maximum Gasteiger partial charge on any atom is 0.234 e. The minimum absolute atomic E-state index is 0.119. The molecule has 1 rings (SSSR count). The van der Waals surface area contributed by atoms with Crippen LogP contribution in [0.5, 0.6) is 0 Å². The van der Waals surface area contributed by atoms with E-state index < -0.39 is 27.3 Å². The maximum absolute atomic E-state index is 11.1. The molecule has 3 N–H and O–H groups in total. The van der Waals surface area contributed by atoms with Crippen molar-refractivity contribution in [3.63, 3.8) is 0 Å². The Hall–Kier alpha value is -0.800. The smallest absolute Gasteiger partial charge is 0.234 e. The largest absolute Gasteiger partial charge is 0.373 e. The zero-order valence-corrected chi connectivity index (χ0v) is 9.96. The number of sulfone groups is 1. The van der Waals surface area contributed by atoms with E-state index in [-0.39, 0.29) is 4.90 Å². The first kappa shape index (κ1) is 13.3. The highest BCUT2D eigenvalue weighted by molar-refractivity contribution is 7.90. The zero-order valence-electron chi connectivity index (χ0n) is 8.32. The van der Waals surface area contributed by atoms with Crippen LogP contribution in [0.4, 0.5) is 0 Å². The normalized spacial score (nSPS) is 15.7. The van der Waals surface area contributed by atoms with Gasteiger partial charge in [-0.3, -0.25) is 4.55 Å². The molecule has 16 heavy (non-hydrogen) atoms. The molecule has 0 spiro atoms. The molecule has 0 aromatic heterocycles. The van der Waals surface area contributed by atoms with Crippen LogP contribution < -0.4 is 4.72 Å². The minimum Gasteiger partial charge on any atom is -0.373 e. The molecule has 0 aliphatic carbocycles. The number of rotatable bonds is 4. The van der Waals surface area contributed by atoms with Gasteiger partial charge in [0.05, 0.1) is 4.90 Å².